The van der Waals surface area contributed by atoms with E-state index in [0.717, 1.165) is 19.3 Å². The van der Waals surface area contributed by atoms with Crippen molar-refractivity contribution in [2.45, 2.75) is 64.5 Å². The van der Waals surface area contributed by atoms with Gasteiger partial charge in [0.15, 0.2) is 0 Å². The van der Waals surface area contributed by atoms with Gasteiger partial charge in [-0.2, -0.15) is 0 Å². The maximum Gasteiger partial charge on any atom is 0.0691 e. The number of nitrogens with two attached hydrogens (primary N) is 1. The average molecular weight is 173 g/mol. The molecule has 2 atom stereocenters. The Hall–Kier alpha value is -0.0800. The van der Waals surface area contributed by atoms with E-state index in [1.807, 2.05) is 6.92 Å². The van der Waals surface area contributed by atoms with Gasteiger partial charge in [0.2, 0.25) is 0 Å². The van der Waals surface area contributed by atoms with Gasteiger partial charge in [-0.1, -0.05) is 39.5 Å². The van der Waals surface area contributed by atoms with Gasteiger partial charge in [0, 0.05) is 6.04 Å². The van der Waals surface area contributed by atoms with Gasteiger partial charge in [-0.15, -0.1) is 0 Å². The number of aliphatic hydroxyl groups is 1. The van der Waals surface area contributed by atoms with Crippen molar-refractivity contribution in [3.05, 3.63) is 0 Å². The third-order valence-corrected chi connectivity index (χ3v) is 2.32. The topological polar surface area (TPSA) is 46.2 Å². The van der Waals surface area contributed by atoms with E-state index in [4.69, 9.17) is 5.73 Å². The number of rotatable bonds is 7. The van der Waals surface area contributed by atoms with E-state index >= 15 is 0 Å². The van der Waals surface area contributed by atoms with Gasteiger partial charge in [-0.05, 0) is 12.8 Å². The van der Waals surface area contributed by atoms with Crippen LogP contribution in [0.15, 0.2) is 0 Å². The Kier molecular flexibility index (Phi) is 7.51. The molecule has 2 heteroatoms. The van der Waals surface area contributed by atoms with Crippen LogP contribution in [-0.2, 0) is 0 Å². The average Bonchev–Trinajstić information content (AvgIpc) is 2.10. The molecule has 0 fully saturated rings. The van der Waals surface area contributed by atoms with Crippen LogP contribution in [0.1, 0.15) is 52.4 Å². The highest BCUT2D eigenvalue weighted by Gasteiger charge is 2.11. The van der Waals surface area contributed by atoms with Crippen LogP contribution < -0.4 is 5.73 Å². The third-order valence-electron chi connectivity index (χ3n) is 2.32. The lowest BCUT2D eigenvalue weighted by Gasteiger charge is -2.16. The number of hydrogen-bond acceptors (Lipinski definition) is 2. The monoisotopic (exact) mass is 173 g/mol. The summed E-state index contributed by atoms with van der Waals surface area (Å²) in [6.07, 6.45) is 6.31. The zero-order chi connectivity index (χ0) is 9.40. The molecule has 2 unspecified atom stereocenters. The van der Waals surface area contributed by atoms with E-state index in [2.05, 4.69) is 6.92 Å². The fourth-order valence-corrected chi connectivity index (χ4v) is 1.27. The van der Waals surface area contributed by atoms with E-state index in [9.17, 15) is 5.11 Å². The molecule has 0 saturated heterocycles. The second-order valence-corrected chi connectivity index (χ2v) is 3.49. The molecule has 0 rings (SSSR count). The molecule has 74 valence electrons. The molecule has 0 aliphatic heterocycles. The molecule has 3 N–H and O–H groups in total. The van der Waals surface area contributed by atoms with Gasteiger partial charge in [0.1, 0.15) is 0 Å². The molecule has 0 aromatic rings. The van der Waals surface area contributed by atoms with Crippen molar-refractivity contribution < 1.29 is 5.11 Å². The van der Waals surface area contributed by atoms with Gasteiger partial charge in [0.05, 0.1) is 6.10 Å². The van der Waals surface area contributed by atoms with Crippen LogP contribution in [0.5, 0.6) is 0 Å². The van der Waals surface area contributed by atoms with Crippen molar-refractivity contribution in [1.82, 2.24) is 0 Å². The Labute approximate surface area is 76.2 Å². The molecule has 0 spiro atoms. The van der Waals surface area contributed by atoms with Gasteiger partial charge in [-0.25, -0.2) is 0 Å². The fourth-order valence-electron chi connectivity index (χ4n) is 1.27. The summed E-state index contributed by atoms with van der Waals surface area (Å²) in [7, 11) is 0. The van der Waals surface area contributed by atoms with Gasteiger partial charge in [0.25, 0.3) is 0 Å². The molecule has 2 nitrogen and oxygen atoms in total. The predicted octanol–water partition coefficient (Wildman–Crippen LogP) is 2.05. The summed E-state index contributed by atoms with van der Waals surface area (Å²) in [6.45, 7) is 4.20. The van der Waals surface area contributed by atoms with Crippen LogP contribution in [0.25, 0.3) is 0 Å². The summed E-state index contributed by atoms with van der Waals surface area (Å²) in [4.78, 5) is 0. The van der Waals surface area contributed by atoms with Crippen molar-refractivity contribution in [2.75, 3.05) is 0 Å². The third kappa shape index (κ3) is 5.56. The van der Waals surface area contributed by atoms with Crippen molar-refractivity contribution in [3.63, 3.8) is 0 Å². The predicted molar refractivity (Wildman–Crippen MR) is 53.0 cm³/mol. The highest BCUT2D eigenvalue weighted by Crippen LogP contribution is 2.08. The number of unbranched alkanes of at least 4 members (excludes halogenated alkanes) is 3. The summed E-state index contributed by atoms with van der Waals surface area (Å²) in [6, 6.07) is -0.0216. The standard InChI is InChI=1S/C10H23NO/c1-3-5-6-7-8-10(12)9(11)4-2/h9-10,12H,3-8,11H2,1-2H3. The summed E-state index contributed by atoms with van der Waals surface area (Å²) in [5, 5.41) is 9.49. The first-order chi connectivity index (χ1) is 5.72. The van der Waals surface area contributed by atoms with Gasteiger partial charge < -0.3 is 10.8 Å². The molecule has 0 amide bonds. The maximum absolute atomic E-state index is 9.49. The normalized spacial score (nSPS) is 16.0. The molecule has 12 heavy (non-hydrogen) atoms. The van der Waals surface area contributed by atoms with E-state index in [0.29, 0.717) is 0 Å². The van der Waals surface area contributed by atoms with E-state index in [-0.39, 0.29) is 12.1 Å². The van der Waals surface area contributed by atoms with Crippen molar-refractivity contribution in [2.24, 2.45) is 5.73 Å². The zero-order valence-corrected chi connectivity index (χ0v) is 8.42. The molecule has 0 bridgehead atoms. The Bertz CT molecular complexity index is 95.8. The SMILES string of the molecule is CCCCCCC(O)C(N)CC. The quantitative estimate of drug-likeness (QED) is 0.579. The summed E-state index contributed by atoms with van der Waals surface area (Å²) in [5.74, 6) is 0. The highest BCUT2D eigenvalue weighted by molar-refractivity contribution is 4.69. The number of hydrogen-bond donors (Lipinski definition) is 2. The maximum atomic E-state index is 9.49. The lowest BCUT2D eigenvalue weighted by Crippen LogP contribution is -2.33. The van der Waals surface area contributed by atoms with E-state index in [1.165, 1.54) is 19.3 Å². The molecular weight excluding hydrogens is 150 g/mol. The summed E-state index contributed by atoms with van der Waals surface area (Å²) in [5.41, 5.74) is 5.68. The smallest absolute Gasteiger partial charge is 0.0691 e. The lowest BCUT2D eigenvalue weighted by atomic mass is 10.0. The first-order valence-electron chi connectivity index (χ1n) is 5.16. The second-order valence-electron chi connectivity index (χ2n) is 3.49. The molecule has 0 radical (unpaired) electrons. The first kappa shape index (κ1) is 11.9. The minimum Gasteiger partial charge on any atom is -0.392 e. The van der Waals surface area contributed by atoms with Crippen LogP contribution >= 0.6 is 0 Å². The highest BCUT2D eigenvalue weighted by atomic mass is 16.3. The van der Waals surface area contributed by atoms with Crippen LogP contribution in [0.3, 0.4) is 0 Å². The van der Waals surface area contributed by atoms with Crippen molar-refractivity contribution >= 4 is 0 Å². The lowest BCUT2D eigenvalue weighted by molar-refractivity contribution is 0.129. The van der Waals surface area contributed by atoms with Crippen LogP contribution in [0, 0.1) is 0 Å². The summed E-state index contributed by atoms with van der Waals surface area (Å²) < 4.78 is 0. The second kappa shape index (κ2) is 7.56. The molecule has 0 saturated carbocycles. The molecule has 0 heterocycles. The van der Waals surface area contributed by atoms with E-state index in [1.54, 1.807) is 0 Å². The van der Waals surface area contributed by atoms with Crippen LogP contribution in [0.2, 0.25) is 0 Å². The van der Waals surface area contributed by atoms with Gasteiger partial charge >= 0.3 is 0 Å². The fraction of sp³-hybridized carbons (Fsp3) is 1.00. The van der Waals surface area contributed by atoms with Crippen LogP contribution in [-0.4, -0.2) is 17.3 Å². The van der Waals surface area contributed by atoms with Gasteiger partial charge in [-0.3, -0.25) is 0 Å². The summed E-state index contributed by atoms with van der Waals surface area (Å²) >= 11 is 0. The zero-order valence-electron chi connectivity index (χ0n) is 8.42. The molecule has 0 aliphatic rings. The largest absolute Gasteiger partial charge is 0.392 e. The first-order valence-corrected chi connectivity index (χ1v) is 5.16. The molecular formula is C10H23NO. The Morgan fingerprint density at radius 1 is 1.17 bits per heavy atom. The minimum absolute atomic E-state index is 0.0216. The minimum atomic E-state index is -0.285. The Morgan fingerprint density at radius 2 is 1.83 bits per heavy atom. The number of aliphatic hydroxyl groups excluding tert-OH is 1. The Balaban J connectivity index is 3.24. The Morgan fingerprint density at radius 3 is 2.33 bits per heavy atom. The van der Waals surface area contributed by atoms with Crippen molar-refractivity contribution in [3.8, 4) is 0 Å². The molecule has 0 aromatic carbocycles. The van der Waals surface area contributed by atoms with E-state index < -0.39 is 0 Å². The van der Waals surface area contributed by atoms with Crippen LogP contribution in [0.4, 0.5) is 0 Å². The van der Waals surface area contributed by atoms with Crippen molar-refractivity contribution in [1.29, 1.82) is 0 Å². The molecule has 0 aromatic heterocycles. The molecule has 0 aliphatic carbocycles.